The molecule has 0 aliphatic rings. The third-order valence-electron chi connectivity index (χ3n) is 2.79. The summed E-state index contributed by atoms with van der Waals surface area (Å²) in [5.41, 5.74) is 0.760. The van der Waals surface area contributed by atoms with E-state index in [2.05, 4.69) is 0 Å². The zero-order valence-corrected chi connectivity index (χ0v) is 11.9. The molecule has 1 heterocycles. The molecule has 4 nitrogen and oxygen atoms in total. The van der Waals surface area contributed by atoms with E-state index >= 15 is 0 Å². The Kier molecular flexibility index (Phi) is 4.06. The van der Waals surface area contributed by atoms with Crippen LogP contribution in [-0.4, -0.2) is 27.2 Å². The number of ether oxygens (including phenoxy) is 2. The number of amides is 1. The van der Waals surface area contributed by atoms with Crippen molar-refractivity contribution in [1.29, 1.82) is 0 Å². The Hall–Kier alpha value is -2.01. The van der Waals surface area contributed by atoms with Crippen molar-refractivity contribution in [2.45, 2.75) is 0 Å². The Morgan fingerprint density at radius 3 is 2.47 bits per heavy atom. The van der Waals surface area contributed by atoms with E-state index in [-0.39, 0.29) is 5.91 Å². The Balaban J connectivity index is 2.29. The summed E-state index contributed by atoms with van der Waals surface area (Å²) in [6.45, 7) is 0. The molecule has 0 fully saturated rings. The van der Waals surface area contributed by atoms with Crippen molar-refractivity contribution >= 4 is 22.9 Å². The van der Waals surface area contributed by atoms with Crippen LogP contribution >= 0.6 is 11.3 Å². The van der Waals surface area contributed by atoms with E-state index in [1.165, 1.54) is 11.3 Å². The van der Waals surface area contributed by atoms with Gasteiger partial charge in [-0.15, -0.1) is 11.3 Å². The van der Waals surface area contributed by atoms with Crippen LogP contribution in [0.15, 0.2) is 35.7 Å². The first kappa shape index (κ1) is 13.4. The molecule has 0 aliphatic carbocycles. The van der Waals surface area contributed by atoms with Crippen LogP contribution in [0.2, 0.25) is 0 Å². The van der Waals surface area contributed by atoms with Crippen molar-refractivity contribution in [3.8, 4) is 11.5 Å². The molecule has 0 unspecified atom stereocenters. The van der Waals surface area contributed by atoms with Crippen LogP contribution in [0.4, 0.5) is 5.69 Å². The highest BCUT2D eigenvalue weighted by Gasteiger charge is 2.16. The van der Waals surface area contributed by atoms with Gasteiger partial charge in [0.2, 0.25) is 0 Å². The third-order valence-corrected chi connectivity index (χ3v) is 3.65. The highest BCUT2D eigenvalue weighted by molar-refractivity contribution is 7.12. The van der Waals surface area contributed by atoms with Gasteiger partial charge in [0.1, 0.15) is 0 Å². The minimum Gasteiger partial charge on any atom is -0.493 e. The summed E-state index contributed by atoms with van der Waals surface area (Å²) < 4.78 is 10.4. The molecule has 100 valence electrons. The number of methoxy groups -OCH3 is 2. The summed E-state index contributed by atoms with van der Waals surface area (Å²) in [5.74, 6) is 1.20. The summed E-state index contributed by atoms with van der Waals surface area (Å²) >= 11 is 1.42. The molecule has 5 heteroatoms. The van der Waals surface area contributed by atoms with Gasteiger partial charge in [0.15, 0.2) is 11.5 Å². The van der Waals surface area contributed by atoms with Crippen LogP contribution in [0.1, 0.15) is 9.67 Å². The summed E-state index contributed by atoms with van der Waals surface area (Å²) in [6, 6.07) is 9.06. The van der Waals surface area contributed by atoms with Gasteiger partial charge in [-0.1, -0.05) is 6.07 Å². The average molecular weight is 277 g/mol. The van der Waals surface area contributed by atoms with E-state index in [0.29, 0.717) is 16.4 Å². The molecule has 19 heavy (non-hydrogen) atoms. The van der Waals surface area contributed by atoms with Gasteiger partial charge in [0, 0.05) is 18.8 Å². The second-order valence-corrected chi connectivity index (χ2v) is 4.83. The molecule has 0 radical (unpaired) electrons. The van der Waals surface area contributed by atoms with E-state index in [9.17, 15) is 4.79 Å². The number of carbonyl (C=O) groups excluding carboxylic acids is 1. The molecule has 0 spiro atoms. The zero-order chi connectivity index (χ0) is 13.8. The Bertz CT molecular complexity index is 566. The molecule has 1 amide bonds. The largest absolute Gasteiger partial charge is 0.493 e. The number of anilines is 1. The minimum absolute atomic E-state index is 0.0396. The van der Waals surface area contributed by atoms with E-state index in [1.54, 1.807) is 38.3 Å². The fraction of sp³-hybridized carbons (Fsp3) is 0.214. The van der Waals surface area contributed by atoms with Gasteiger partial charge in [-0.05, 0) is 23.6 Å². The molecular formula is C14H15NO3S. The van der Waals surface area contributed by atoms with Crippen molar-refractivity contribution in [3.63, 3.8) is 0 Å². The molecule has 1 aromatic heterocycles. The first-order valence-corrected chi connectivity index (χ1v) is 6.59. The molecule has 2 rings (SSSR count). The number of hydrogen-bond acceptors (Lipinski definition) is 4. The molecular weight excluding hydrogens is 262 g/mol. The minimum atomic E-state index is -0.0396. The van der Waals surface area contributed by atoms with Crippen molar-refractivity contribution in [2.75, 3.05) is 26.2 Å². The molecule has 0 saturated carbocycles. The molecule has 1 aromatic carbocycles. The maximum Gasteiger partial charge on any atom is 0.268 e. The lowest BCUT2D eigenvalue weighted by Gasteiger charge is -2.18. The standard InChI is InChI=1S/C14H15NO3S/c1-15(14(16)13-5-4-8-19-13)10-6-7-11(17-2)12(9-10)18-3/h4-9H,1-3H3. The smallest absolute Gasteiger partial charge is 0.268 e. The zero-order valence-electron chi connectivity index (χ0n) is 11.0. The second kappa shape index (κ2) is 5.75. The van der Waals surface area contributed by atoms with Crippen LogP contribution in [0, 0.1) is 0 Å². The van der Waals surface area contributed by atoms with Crippen LogP contribution in [0.5, 0.6) is 11.5 Å². The van der Waals surface area contributed by atoms with Gasteiger partial charge in [-0.25, -0.2) is 0 Å². The van der Waals surface area contributed by atoms with Crippen molar-refractivity contribution in [1.82, 2.24) is 0 Å². The summed E-state index contributed by atoms with van der Waals surface area (Å²) in [4.78, 5) is 14.5. The van der Waals surface area contributed by atoms with Crippen LogP contribution in [0.25, 0.3) is 0 Å². The van der Waals surface area contributed by atoms with E-state index in [1.807, 2.05) is 23.6 Å². The molecule has 0 aliphatic heterocycles. The van der Waals surface area contributed by atoms with E-state index < -0.39 is 0 Å². The topological polar surface area (TPSA) is 38.8 Å². The molecule has 0 atom stereocenters. The van der Waals surface area contributed by atoms with Crippen LogP contribution in [0.3, 0.4) is 0 Å². The van der Waals surface area contributed by atoms with Gasteiger partial charge in [0.05, 0.1) is 19.1 Å². The number of hydrogen-bond donors (Lipinski definition) is 0. The Labute approximate surface area is 116 Å². The van der Waals surface area contributed by atoms with Gasteiger partial charge in [-0.2, -0.15) is 0 Å². The number of carbonyl (C=O) groups is 1. The number of rotatable bonds is 4. The summed E-state index contributed by atoms with van der Waals surface area (Å²) in [7, 11) is 4.89. The predicted octanol–water partition coefficient (Wildman–Crippen LogP) is 3.04. The highest BCUT2D eigenvalue weighted by atomic mass is 32.1. The maximum atomic E-state index is 12.2. The lowest BCUT2D eigenvalue weighted by atomic mass is 10.2. The number of benzene rings is 1. The van der Waals surface area contributed by atoms with Gasteiger partial charge in [0.25, 0.3) is 5.91 Å². The van der Waals surface area contributed by atoms with E-state index in [0.717, 1.165) is 5.69 Å². The lowest BCUT2D eigenvalue weighted by Crippen LogP contribution is -2.25. The highest BCUT2D eigenvalue weighted by Crippen LogP contribution is 2.31. The molecule has 0 saturated heterocycles. The molecule has 0 bridgehead atoms. The lowest BCUT2D eigenvalue weighted by molar-refractivity contribution is 0.0997. The quantitative estimate of drug-likeness (QED) is 0.862. The van der Waals surface area contributed by atoms with Gasteiger partial charge >= 0.3 is 0 Å². The Morgan fingerprint density at radius 2 is 1.89 bits per heavy atom. The average Bonchev–Trinajstić information content (AvgIpc) is 2.99. The Morgan fingerprint density at radius 1 is 1.16 bits per heavy atom. The third kappa shape index (κ3) is 2.71. The molecule has 0 N–H and O–H groups in total. The summed E-state index contributed by atoms with van der Waals surface area (Å²) in [5, 5.41) is 1.88. The first-order valence-electron chi connectivity index (χ1n) is 5.71. The van der Waals surface area contributed by atoms with Crippen molar-refractivity contribution < 1.29 is 14.3 Å². The predicted molar refractivity (Wildman–Crippen MR) is 76.6 cm³/mol. The summed E-state index contributed by atoms with van der Waals surface area (Å²) in [6.07, 6.45) is 0. The van der Waals surface area contributed by atoms with Crippen molar-refractivity contribution in [3.05, 3.63) is 40.6 Å². The van der Waals surface area contributed by atoms with Gasteiger partial charge < -0.3 is 14.4 Å². The van der Waals surface area contributed by atoms with E-state index in [4.69, 9.17) is 9.47 Å². The van der Waals surface area contributed by atoms with Crippen molar-refractivity contribution in [2.24, 2.45) is 0 Å². The first-order chi connectivity index (χ1) is 9.17. The fourth-order valence-electron chi connectivity index (χ4n) is 1.72. The normalized spacial score (nSPS) is 10.1. The van der Waals surface area contributed by atoms with Gasteiger partial charge in [-0.3, -0.25) is 4.79 Å². The molecule has 2 aromatic rings. The number of thiophene rings is 1. The fourth-order valence-corrected chi connectivity index (χ4v) is 2.41. The SMILES string of the molecule is COc1ccc(N(C)C(=O)c2cccs2)cc1OC. The second-order valence-electron chi connectivity index (χ2n) is 3.88. The van der Waals surface area contributed by atoms with Crippen LogP contribution < -0.4 is 14.4 Å². The van der Waals surface area contributed by atoms with Crippen LogP contribution in [-0.2, 0) is 0 Å². The maximum absolute atomic E-state index is 12.2. The number of nitrogens with zero attached hydrogens (tertiary/aromatic N) is 1. The monoisotopic (exact) mass is 277 g/mol.